The largest absolute Gasteiger partial charge is 0.493 e. The summed E-state index contributed by atoms with van der Waals surface area (Å²) in [5.74, 6) is 0.898. The van der Waals surface area contributed by atoms with E-state index in [4.69, 9.17) is 10.00 Å². The van der Waals surface area contributed by atoms with E-state index in [1.54, 1.807) is 0 Å². The van der Waals surface area contributed by atoms with Crippen LogP contribution in [0.1, 0.15) is 30.4 Å². The molecule has 0 bridgehead atoms. The second-order valence-electron chi connectivity index (χ2n) is 5.01. The maximum Gasteiger partial charge on any atom is 0.122 e. The van der Waals surface area contributed by atoms with Crippen LogP contribution in [0.15, 0.2) is 18.2 Å². The van der Waals surface area contributed by atoms with E-state index in [0.717, 1.165) is 24.3 Å². The first-order valence-electron chi connectivity index (χ1n) is 6.54. The van der Waals surface area contributed by atoms with Crippen molar-refractivity contribution in [1.82, 2.24) is 4.90 Å². The second kappa shape index (κ2) is 5.88. The van der Waals surface area contributed by atoms with E-state index in [1.807, 2.05) is 25.1 Å². The zero-order valence-electron chi connectivity index (χ0n) is 11.1. The van der Waals surface area contributed by atoms with Crippen LogP contribution in [0, 0.1) is 18.3 Å². The van der Waals surface area contributed by atoms with Gasteiger partial charge < -0.3 is 9.64 Å². The molecule has 0 aromatic heterocycles. The first kappa shape index (κ1) is 12.9. The number of nitrogens with zero attached hydrogens (tertiary/aromatic N) is 2. The molecule has 0 saturated carbocycles. The SMILES string of the molecule is Cc1cc(C#N)ccc1OCCC1CCCN1C. The van der Waals surface area contributed by atoms with Crippen LogP contribution in [0.2, 0.25) is 0 Å². The van der Waals surface area contributed by atoms with Crippen LogP contribution in [-0.2, 0) is 0 Å². The lowest BCUT2D eigenvalue weighted by Gasteiger charge is -2.19. The Hall–Kier alpha value is -1.53. The molecule has 0 N–H and O–H groups in total. The number of benzene rings is 1. The van der Waals surface area contributed by atoms with E-state index in [9.17, 15) is 0 Å². The van der Waals surface area contributed by atoms with E-state index in [1.165, 1.54) is 19.4 Å². The summed E-state index contributed by atoms with van der Waals surface area (Å²) in [6.07, 6.45) is 3.67. The molecular weight excluding hydrogens is 224 g/mol. The molecule has 1 atom stereocenters. The van der Waals surface area contributed by atoms with Gasteiger partial charge in [-0.25, -0.2) is 0 Å². The first-order chi connectivity index (χ1) is 8.70. The monoisotopic (exact) mass is 244 g/mol. The van der Waals surface area contributed by atoms with Crippen LogP contribution in [0.25, 0.3) is 0 Å². The summed E-state index contributed by atoms with van der Waals surface area (Å²) in [5.41, 5.74) is 1.73. The summed E-state index contributed by atoms with van der Waals surface area (Å²) < 4.78 is 5.81. The maximum atomic E-state index is 8.81. The van der Waals surface area contributed by atoms with Crippen molar-refractivity contribution in [3.05, 3.63) is 29.3 Å². The third kappa shape index (κ3) is 3.02. The molecule has 1 fully saturated rings. The summed E-state index contributed by atoms with van der Waals surface area (Å²) in [4.78, 5) is 2.41. The predicted molar refractivity (Wildman–Crippen MR) is 71.7 cm³/mol. The van der Waals surface area contributed by atoms with E-state index in [-0.39, 0.29) is 0 Å². The highest BCUT2D eigenvalue weighted by Crippen LogP contribution is 2.21. The summed E-state index contributed by atoms with van der Waals surface area (Å²) in [5, 5.41) is 8.81. The van der Waals surface area contributed by atoms with Crippen molar-refractivity contribution in [3.63, 3.8) is 0 Å². The van der Waals surface area contributed by atoms with Crippen molar-refractivity contribution in [2.24, 2.45) is 0 Å². The predicted octanol–water partition coefficient (Wildman–Crippen LogP) is 2.73. The van der Waals surface area contributed by atoms with Crippen molar-refractivity contribution in [3.8, 4) is 11.8 Å². The number of hydrogen-bond donors (Lipinski definition) is 0. The molecule has 1 aliphatic heterocycles. The van der Waals surface area contributed by atoms with E-state index >= 15 is 0 Å². The van der Waals surface area contributed by atoms with Gasteiger partial charge in [0.1, 0.15) is 5.75 Å². The van der Waals surface area contributed by atoms with Crippen LogP contribution < -0.4 is 4.74 Å². The van der Waals surface area contributed by atoms with Gasteiger partial charge in [0.25, 0.3) is 0 Å². The molecule has 18 heavy (non-hydrogen) atoms. The zero-order valence-corrected chi connectivity index (χ0v) is 11.1. The van der Waals surface area contributed by atoms with Crippen molar-refractivity contribution in [2.75, 3.05) is 20.2 Å². The van der Waals surface area contributed by atoms with E-state index in [0.29, 0.717) is 11.6 Å². The highest BCUT2D eigenvalue weighted by molar-refractivity contribution is 5.41. The standard InChI is InChI=1S/C15H20N2O/c1-12-10-13(11-16)5-6-15(12)18-9-7-14-4-3-8-17(14)2/h5-6,10,14H,3-4,7-9H2,1-2H3. The van der Waals surface area contributed by atoms with Crippen LogP contribution in [-0.4, -0.2) is 31.1 Å². The quantitative estimate of drug-likeness (QED) is 0.817. The van der Waals surface area contributed by atoms with E-state index < -0.39 is 0 Å². The Morgan fingerprint density at radius 2 is 2.33 bits per heavy atom. The van der Waals surface area contributed by atoms with Crippen molar-refractivity contribution >= 4 is 0 Å². The van der Waals surface area contributed by atoms with Gasteiger partial charge in [-0.15, -0.1) is 0 Å². The molecule has 1 aromatic carbocycles. The Labute approximate surface area is 109 Å². The van der Waals surface area contributed by atoms with Crippen molar-refractivity contribution < 1.29 is 4.74 Å². The lowest BCUT2D eigenvalue weighted by Crippen LogP contribution is -2.26. The highest BCUT2D eigenvalue weighted by Gasteiger charge is 2.20. The summed E-state index contributed by atoms with van der Waals surface area (Å²) in [6.45, 7) is 3.94. The van der Waals surface area contributed by atoms with Gasteiger partial charge in [-0.2, -0.15) is 5.26 Å². The smallest absolute Gasteiger partial charge is 0.122 e. The average Bonchev–Trinajstić information content (AvgIpc) is 2.77. The minimum Gasteiger partial charge on any atom is -0.493 e. The molecule has 1 heterocycles. The maximum absolute atomic E-state index is 8.81. The molecule has 3 heteroatoms. The van der Waals surface area contributed by atoms with E-state index in [2.05, 4.69) is 18.0 Å². The number of nitriles is 1. The van der Waals surface area contributed by atoms with Crippen molar-refractivity contribution in [2.45, 2.75) is 32.2 Å². The first-order valence-corrected chi connectivity index (χ1v) is 6.54. The minimum atomic E-state index is 0.670. The van der Waals surface area contributed by atoms with Gasteiger partial charge in [-0.1, -0.05) is 0 Å². The fraction of sp³-hybridized carbons (Fsp3) is 0.533. The van der Waals surface area contributed by atoms with Gasteiger partial charge in [0.15, 0.2) is 0 Å². The minimum absolute atomic E-state index is 0.670. The Kier molecular flexibility index (Phi) is 4.22. The number of ether oxygens (including phenoxy) is 1. The second-order valence-corrected chi connectivity index (χ2v) is 5.01. The molecular formula is C15H20N2O. The molecule has 1 unspecified atom stereocenters. The summed E-state index contributed by atoms with van der Waals surface area (Å²) in [7, 11) is 2.19. The van der Waals surface area contributed by atoms with Gasteiger partial charge in [-0.05, 0) is 63.5 Å². The Balaban J connectivity index is 1.85. The highest BCUT2D eigenvalue weighted by atomic mass is 16.5. The third-order valence-electron chi connectivity index (χ3n) is 3.68. The van der Waals surface area contributed by atoms with Gasteiger partial charge in [0, 0.05) is 6.04 Å². The zero-order chi connectivity index (χ0) is 13.0. The molecule has 96 valence electrons. The fourth-order valence-electron chi connectivity index (χ4n) is 2.53. The molecule has 1 saturated heterocycles. The van der Waals surface area contributed by atoms with Gasteiger partial charge in [-0.3, -0.25) is 0 Å². The molecule has 0 spiro atoms. The Morgan fingerprint density at radius 1 is 1.50 bits per heavy atom. The molecule has 0 radical (unpaired) electrons. The molecule has 0 aliphatic carbocycles. The van der Waals surface area contributed by atoms with Gasteiger partial charge in [0.2, 0.25) is 0 Å². The van der Waals surface area contributed by atoms with Crippen molar-refractivity contribution in [1.29, 1.82) is 5.26 Å². The molecule has 0 amide bonds. The average molecular weight is 244 g/mol. The van der Waals surface area contributed by atoms with Crippen LogP contribution in [0.5, 0.6) is 5.75 Å². The molecule has 1 aromatic rings. The van der Waals surface area contributed by atoms with Gasteiger partial charge >= 0.3 is 0 Å². The van der Waals surface area contributed by atoms with Gasteiger partial charge in [0.05, 0.1) is 18.2 Å². The summed E-state index contributed by atoms with van der Waals surface area (Å²) >= 11 is 0. The summed E-state index contributed by atoms with van der Waals surface area (Å²) in [6, 6.07) is 8.39. The van der Waals surface area contributed by atoms with Crippen LogP contribution in [0.3, 0.4) is 0 Å². The number of aryl methyl sites for hydroxylation is 1. The number of likely N-dealkylation sites (tertiary alicyclic amines) is 1. The molecule has 2 rings (SSSR count). The van der Waals surface area contributed by atoms with Crippen LogP contribution >= 0.6 is 0 Å². The Morgan fingerprint density at radius 3 is 2.94 bits per heavy atom. The lowest BCUT2D eigenvalue weighted by atomic mass is 10.1. The Bertz CT molecular complexity index is 450. The molecule has 3 nitrogen and oxygen atoms in total. The lowest BCUT2D eigenvalue weighted by molar-refractivity contribution is 0.232. The number of rotatable bonds is 4. The topological polar surface area (TPSA) is 36.3 Å². The molecule has 1 aliphatic rings. The number of hydrogen-bond acceptors (Lipinski definition) is 3. The third-order valence-corrected chi connectivity index (χ3v) is 3.68. The normalized spacial score (nSPS) is 19.7. The van der Waals surface area contributed by atoms with Crippen LogP contribution in [0.4, 0.5) is 0 Å². The fourth-order valence-corrected chi connectivity index (χ4v) is 2.53.